The van der Waals surface area contributed by atoms with Crippen LogP contribution in [0, 0.1) is 13.8 Å². The van der Waals surface area contributed by atoms with Gasteiger partial charge in [0.1, 0.15) is 0 Å². The van der Waals surface area contributed by atoms with Gasteiger partial charge in [0.05, 0.1) is 14.2 Å². The second-order valence-corrected chi connectivity index (χ2v) is 5.93. The number of hydrogen-bond acceptors (Lipinski definition) is 5. The maximum atomic E-state index is 12.7. The second kappa shape index (κ2) is 6.47. The first-order chi connectivity index (χ1) is 11.5. The van der Waals surface area contributed by atoms with Crippen LogP contribution >= 0.6 is 0 Å². The monoisotopic (exact) mass is 327 g/mol. The van der Waals surface area contributed by atoms with Crippen LogP contribution in [0.5, 0.6) is 11.5 Å². The molecule has 0 fully saturated rings. The molecule has 0 bridgehead atoms. The van der Waals surface area contributed by atoms with E-state index in [4.69, 9.17) is 9.47 Å². The Morgan fingerprint density at radius 1 is 1.00 bits per heavy atom. The van der Waals surface area contributed by atoms with E-state index in [2.05, 4.69) is 9.97 Å². The minimum absolute atomic E-state index is 0.137. The third-order valence-electron chi connectivity index (χ3n) is 4.18. The normalized spacial score (nSPS) is 13.4. The molecule has 0 spiro atoms. The highest BCUT2D eigenvalue weighted by molar-refractivity contribution is 5.90. The second-order valence-electron chi connectivity index (χ2n) is 5.93. The fraction of sp³-hybridized carbons (Fsp3) is 0.389. The van der Waals surface area contributed by atoms with Crippen molar-refractivity contribution in [2.75, 3.05) is 20.8 Å². The summed E-state index contributed by atoms with van der Waals surface area (Å²) >= 11 is 0. The molecule has 126 valence electrons. The molecule has 1 amide bonds. The average molecular weight is 327 g/mol. The predicted molar refractivity (Wildman–Crippen MR) is 89.5 cm³/mol. The molecule has 0 N–H and O–H groups in total. The molecular formula is C18H21N3O3. The Balaban J connectivity index is 1.87. The van der Waals surface area contributed by atoms with E-state index in [1.165, 1.54) is 5.56 Å². The smallest absolute Gasteiger partial charge is 0.291 e. The lowest BCUT2D eigenvalue weighted by Crippen LogP contribution is -2.37. The minimum atomic E-state index is -0.137. The number of aromatic nitrogens is 2. The number of aryl methyl sites for hydroxylation is 2. The van der Waals surface area contributed by atoms with Gasteiger partial charge in [0.15, 0.2) is 11.5 Å². The summed E-state index contributed by atoms with van der Waals surface area (Å²) in [6.45, 7) is 4.89. The summed E-state index contributed by atoms with van der Waals surface area (Å²) in [5.41, 5.74) is 3.85. The van der Waals surface area contributed by atoms with Gasteiger partial charge >= 0.3 is 0 Å². The molecule has 2 aromatic rings. The molecule has 6 heteroatoms. The molecule has 1 aromatic heterocycles. The molecule has 2 heterocycles. The van der Waals surface area contributed by atoms with E-state index in [9.17, 15) is 4.79 Å². The molecule has 24 heavy (non-hydrogen) atoms. The Morgan fingerprint density at radius 2 is 1.58 bits per heavy atom. The van der Waals surface area contributed by atoms with Crippen LogP contribution in [-0.4, -0.2) is 41.5 Å². The maximum Gasteiger partial charge on any atom is 0.291 e. The quantitative estimate of drug-likeness (QED) is 0.865. The first-order valence-electron chi connectivity index (χ1n) is 7.87. The summed E-state index contributed by atoms with van der Waals surface area (Å²) in [5.74, 6) is 1.51. The Bertz CT molecular complexity index is 769. The Labute approximate surface area is 141 Å². The molecule has 1 aliphatic rings. The van der Waals surface area contributed by atoms with E-state index >= 15 is 0 Å². The topological polar surface area (TPSA) is 64.6 Å². The summed E-state index contributed by atoms with van der Waals surface area (Å²) in [6, 6.07) is 5.79. The largest absolute Gasteiger partial charge is 0.493 e. The summed E-state index contributed by atoms with van der Waals surface area (Å²) in [5, 5.41) is 0. The predicted octanol–water partition coefficient (Wildman–Crippen LogP) is 2.31. The van der Waals surface area contributed by atoms with Crippen LogP contribution in [-0.2, 0) is 13.0 Å². The van der Waals surface area contributed by atoms with Crippen molar-refractivity contribution < 1.29 is 14.3 Å². The number of ether oxygens (including phenoxy) is 2. The van der Waals surface area contributed by atoms with Gasteiger partial charge < -0.3 is 14.4 Å². The van der Waals surface area contributed by atoms with Crippen LogP contribution in [0.4, 0.5) is 0 Å². The van der Waals surface area contributed by atoms with E-state index in [-0.39, 0.29) is 11.7 Å². The Kier molecular flexibility index (Phi) is 4.38. The van der Waals surface area contributed by atoms with E-state index < -0.39 is 0 Å². The molecule has 1 aromatic carbocycles. The fourth-order valence-electron chi connectivity index (χ4n) is 3.02. The van der Waals surface area contributed by atoms with Gasteiger partial charge in [0, 0.05) is 24.5 Å². The lowest BCUT2D eigenvalue weighted by Gasteiger charge is -2.29. The molecule has 3 rings (SSSR count). The van der Waals surface area contributed by atoms with Gasteiger partial charge in [-0.25, -0.2) is 9.97 Å². The number of fused-ring (bicyclic) bond motifs is 1. The summed E-state index contributed by atoms with van der Waals surface area (Å²) in [7, 11) is 3.24. The first-order valence-corrected chi connectivity index (χ1v) is 7.87. The number of carbonyl (C=O) groups excluding carboxylic acids is 1. The van der Waals surface area contributed by atoms with E-state index in [0.29, 0.717) is 24.6 Å². The van der Waals surface area contributed by atoms with Crippen molar-refractivity contribution in [3.8, 4) is 11.5 Å². The highest BCUT2D eigenvalue weighted by atomic mass is 16.5. The van der Waals surface area contributed by atoms with Crippen molar-refractivity contribution in [2.24, 2.45) is 0 Å². The zero-order chi connectivity index (χ0) is 17.3. The number of nitrogens with zero attached hydrogens (tertiary/aromatic N) is 3. The number of methoxy groups -OCH3 is 2. The number of amides is 1. The van der Waals surface area contributed by atoms with Crippen molar-refractivity contribution in [1.82, 2.24) is 14.9 Å². The van der Waals surface area contributed by atoms with Crippen molar-refractivity contribution in [3.05, 3.63) is 46.5 Å². The van der Waals surface area contributed by atoms with Crippen LogP contribution in [0.15, 0.2) is 18.2 Å². The highest BCUT2D eigenvalue weighted by Crippen LogP contribution is 2.33. The van der Waals surface area contributed by atoms with Crippen molar-refractivity contribution in [3.63, 3.8) is 0 Å². The van der Waals surface area contributed by atoms with Crippen LogP contribution < -0.4 is 9.47 Å². The Hall–Kier alpha value is -2.63. The van der Waals surface area contributed by atoms with Crippen LogP contribution in [0.2, 0.25) is 0 Å². The average Bonchev–Trinajstić information content (AvgIpc) is 2.58. The standard InChI is InChI=1S/C18H21N3O3/c1-11-7-12(2)20-17(19-11)18(22)21-6-5-13-8-15(23-3)16(24-4)9-14(13)10-21/h7-9H,5-6,10H2,1-4H3. The van der Waals surface area contributed by atoms with Gasteiger partial charge in [-0.3, -0.25) is 4.79 Å². The Morgan fingerprint density at radius 3 is 2.17 bits per heavy atom. The molecule has 0 saturated carbocycles. The first kappa shape index (κ1) is 16.2. The molecule has 0 radical (unpaired) electrons. The van der Waals surface area contributed by atoms with Crippen molar-refractivity contribution in [2.45, 2.75) is 26.8 Å². The van der Waals surface area contributed by atoms with E-state index in [1.54, 1.807) is 19.1 Å². The zero-order valence-corrected chi connectivity index (χ0v) is 14.4. The lowest BCUT2D eigenvalue weighted by molar-refractivity contribution is 0.0721. The van der Waals surface area contributed by atoms with Crippen LogP contribution in [0.3, 0.4) is 0 Å². The van der Waals surface area contributed by atoms with Gasteiger partial charge in [-0.15, -0.1) is 0 Å². The number of carbonyl (C=O) groups is 1. The van der Waals surface area contributed by atoms with Gasteiger partial charge in [-0.2, -0.15) is 0 Å². The highest BCUT2D eigenvalue weighted by Gasteiger charge is 2.25. The van der Waals surface area contributed by atoms with Gasteiger partial charge in [0.25, 0.3) is 5.91 Å². The SMILES string of the molecule is COc1cc2c(cc1OC)CN(C(=O)c1nc(C)cc(C)n1)CC2. The molecule has 0 aliphatic carbocycles. The third-order valence-corrected chi connectivity index (χ3v) is 4.18. The van der Waals surface area contributed by atoms with E-state index in [1.807, 2.05) is 32.0 Å². The molecule has 0 atom stereocenters. The van der Waals surface area contributed by atoms with E-state index in [0.717, 1.165) is 23.4 Å². The molecular weight excluding hydrogens is 306 g/mol. The van der Waals surface area contributed by atoms with Gasteiger partial charge in [-0.05, 0) is 49.6 Å². The van der Waals surface area contributed by atoms with Gasteiger partial charge in [0.2, 0.25) is 5.82 Å². The number of benzene rings is 1. The lowest BCUT2D eigenvalue weighted by atomic mass is 9.98. The van der Waals surface area contributed by atoms with Crippen molar-refractivity contribution >= 4 is 5.91 Å². The van der Waals surface area contributed by atoms with Crippen LogP contribution in [0.1, 0.15) is 33.1 Å². The maximum absolute atomic E-state index is 12.7. The summed E-state index contributed by atoms with van der Waals surface area (Å²) in [4.78, 5) is 23.1. The number of hydrogen-bond donors (Lipinski definition) is 0. The molecule has 0 unspecified atom stereocenters. The van der Waals surface area contributed by atoms with Crippen LogP contribution in [0.25, 0.3) is 0 Å². The molecule has 0 saturated heterocycles. The third kappa shape index (κ3) is 3.04. The summed E-state index contributed by atoms with van der Waals surface area (Å²) < 4.78 is 10.7. The fourth-order valence-corrected chi connectivity index (χ4v) is 3.02. The van der Waals surface area contributed by atoms with Gasteiger partial charge in [-0.1, -0.05) is 0 Å². The molecule has 6 nitrogen and oxygen atoms in total. The summed E-state index contributed by atoms with van der Waals surface area (Å²) in [6.07, 6.45) is 0.770. The minimum Gasteiger partial charge on any atom is -0.493 e. The molecule has 1 aliphatic heterocycles. The van der Waals surface area contributed by atoms with Crippen molar-refractivity contribution in [1.29, 1.82) is 0 Å². The number of rotatable bonds is 3. The zero-order valence-electron chi connectivity index (χ0n) is 14.4.